The van der Waals surface area contributed by atoms with E-state index in [1.807, 2.05) is 24.1 Å². The van der Waals surface area contributed by atoms with Crippen molar-refractivity contribution < 1.29 is 24.1 Å². The number of anilines is 1. The molecular weight excluding hydrogens is 472 g/mol. The Morgan fingerprint density at radius 1 is 1.05 bits per heavy atom. The van der Waals surface area contributed by atoms with Crippen molar-refractivity contribution in [3.05, 3.63) is 48.7 Å². The van der Waals surface area contributed by atoms with Gasteiger partial charge in [-0.15, -0.1) is 0 Å². The Morgan fingerprint density at radius 2 is 1.81 bits per heavy atom. The standard InChI is InChI=1S/C28H38N4O5/c1-28(2,3)11-13-30-27(34)31-20-6-8-21(9-7-20)37-24-10-12-29-23-19-26(25(35-5)18-22(23)24)36-17-15-32(4)14-16-33/h6-10,12,18-19,33H,11,13-17H2,1-5H3,(H2,30,31,34). The number of rotatable bonds is 12. The second-order valence-electron chi connectivity index (χ2n) is 10.0. The van der Waals surface area contributed by atoms with Crippen LogP contribution in [0.15, 0.2) is 48.7 Å². The first-order valence-electron chi connectivity index (χ1n) is 12.4. The van der Waals surface area contributed by atoms with Crippen LogP contribution in [0.25, 0.3) is 10.9 Å². The third-order valence-corrected chi connectivity index (χ3v) is 5.70. The van der Waals surface area contributed by atoms with Crippen LogP contribution < -0.4 is 24.8 Å². The lowest BCUT2D eigenvalue weighted by Crippen LogP contribution is -2.31. The van der Waals surface area contributed by atoms with Crippen molar-refractivity contribution >= 4 is 22.6 Å². The highest BCUT2D eigenvalue weighted by molar-refractivity contribution is 5.89. The molecule has 1 aromatic heterocycles. The maximum Gasteiger partial charge on any atom is 0.319 e. The highest BCUT2D eigenvalue weighted by Crippen LogP contribution is 2.37. The molecule has 0 radical (unpaired) electrons. The highest BCUT2D eigenvalue weighted by atomic mass is 16.5. The maximum atomic E-state index is 12.1. The van der Waals surface area contributed by atoms with Gasteiger partial charge in [0, 0.05) is 43.0 Å². The molecule has 3 aromatic rings. The molecule has 1 heterocycles. The molecule has 2 aromatic carbocycles. The minimum absolute atomic E-state index is 0.106. The Kier molecular flexibility index (Phi) is 9.93. The number of pyridine rings is 1. The number of amides is 2. The smallest absolute Gasteiger partial charge is 0.319 e. The lowest BCUT2D eigenvalue weighted by molar-refractivity contribution is 0.190. The fourth-order valence-electron chi connectivity index (χ4n) is 3.54. The molecule has 9 nitrogen and oxygen atoms in total. The van der Waals surface area contributed by atoms with Crippen LogP contribution in [0, 0.1) is 5.41 Å². The zero-order chi connectivity index (χ0) is 26.8. The van der Waals surface area contributed by atoms with Gasteiger partial charge in [-0.1, -0.05) is 20.8 Å². The fraction of sp³-hybridized carbons (Fsp3) is 0.429. The molecule has 0 aliphatic rings. The van der Waals surface area contributed by atoms with E-state index in [2.05, 4.69) is 36.4 Å². The molecule has 0 atom stereocenters. The molecule has 3 N–H and O–H groups in total. The Labute approximate surface area is 218 Å². The quantitative estimate of drug-likeness (QED) is 0.318. The zero-order valence-electron chi connectivity index (χ0n) is 22.3. The molecule has 0 saturated carbocycles. The SMILES string of the molecule is COc1cc2c(Oc3ccc(NC(=O)NCCC(C)(C)C)cc3)ccnc2cc1OCCN(C)CCO. The van der Waals surface area contributed by atoms with Crippen molar-refractivity contribution in [2.24, 2.45) is 5.41 Å². The predicted octanol–water partition coefficient (Wildman–Crippen LogP) is 4.90. The number of methoxy groups -OCH3 is 1. The summed E-state index contributed by atoms with van der Waals surface area (Å²) in [4.78, 5) is 18.6. The van der Waals surface area contributed by atoms with E-state index in [1.165, 1.54) is 0 Å². The first kappa shape index (κ1) is 28.0. The first-order valence-corrected chi connectivity index (χ1v) is 12.4. The van der Waals surface area contributed by atoms with E-state index in [4.69, 9.17) is 19.3 Å². The van der Waals surface area contributed by atoms with Crippen molar-refractivity contribution in [3.63, 3.8) is 0 Å². The number of nitrogens with one attached hydrogen (secondary N) is 2. The van der Waals surface area contributed by atoms with Gasteiger partial charge in [0.25, 0.3) is 0 Å². The summed E-state index contributed by atoms with van der Waals surface area (Å²) in [6.07, 6.45) is 2.58. The third-order valence-electron chi connectivity index (χ3n) is 5.70. The minimum atomic E-state index is -0.233. The molecule has 9 heteroatoms. The van der Waals surface area contributed by atoms with E-state index in [0.29, 0.717) is 60.4 Å². The van der Waals surface area contributed by atoms with Gasteiger partial charge in [0.1, 0.15) is 18.1 Å². The fourth-order valence-corrected chi connectivity index (χ4v) is 3.54. The van der Waals surface area contributed by atoms with Gasteiger partial charge in [-0.3, -0.25) is 4.98 Å². The molecule has 37 heavy (non-hydrogen) atoms. The van der Waals surface area contributed by atoms with Gasteiger partial charge in [-0.25, -0.2) is 4.79 Å². The summed E-state index contributed by atoms with van der Waals surface area (Å²) < 4.78 is 17.6. The van der Waals surface area contributed by atoms with Crippen LogP contribution >= 0.6 is 0 Å². The number of likely N-dealkylation sites (N-methyl/N-ethyl adjacent to an activating group) is 1. The molecular formula is C28H38N4O5. The average molecular weight is 511 g/mol. The molecule has 3 rings (SSSR count). The van der Waals surface area contributed by atoms with Crippen LogP contribution in [0.4, 0.5) is 10.5 Å². The summed E-state index contributed by atoms with van der Waals surface area (Å²) in [5.74, 6) is 2.41. The number of hydrogen-bond acceptors (Lipinski definition) is 7. The number of carbonyl (C=O) groups excluding carboxylic acids is 1. The lowest BCUT2D eigenvalue weighted by atomic mass is 9.92. The predicted molar refractivity (Wildman–Crippen MR) is 146 cm³/mol. The van der Waals surface area contributed by atoms with Gasteiger partial charge in [0.05, 0.1) is 19.2 Å². The van der Waals surface area contributed by atoms with E-state index in [0.717, 1.165) is 11.8 Å². The second kappa shape index (κ2) is 13.1. The molecule has 0 bridgehead atoms. The highest BCUT2D eigenvalue weighted by Gasteiger charge is 2.13. The zero-order valence-corrected chi connectivity index (χ0v) is 22.3. The minimum Gasteiger partial charge on any atom is -0.493 e. The molecule has 0 unspecified atom stereocenters. The summed E-state index contributed by atoms with van der Waals surface area (Å²) in [5, 5.41) is 15.5. The first-order chi connectivity index (χ1) is 17.7. The maximum absolute atomic E-state index is 12.1. The normalized spacial score (nSPS) is 11.4. The molecule has 2 amide bonds. The van der Waals surface area contributed by atoms with Crippen LogP contribution in [0.5, 0.6) is 23.0 Å². The summed E-state index contributed by atoms with van der Waals surface area (Å²) in [5.41, 5.74) is 1.55. The van der Waals surface area contributed by atoms with Gasteiger partial charge in [0.2, 0.25) is 0 Å². The van der Waals surface area contributed by atoms with Crippen molar-refractivity contribution in [2.45, 2.75) is 27.2 Å². The number of benzene rings is 2. The van der Waals surface area contributed by atoms with Crippen LogP contribution in [0.3, 0.4) is 0 Å². The van der Waals surface area contributed by atoms with E-state index in [9.17, 15) is 4.79 Å². The molecule has 0 fully saturated rings. The van der Waals surface area contributed by atoms with Gasteiger partial charge in [-0.2, -0.15) is 0 Å². The van der Waals surface area contributed by atoms with Gasteiger partial charge in [0.15, 0.2) is 11.5 Å². The largest absolute Gasteiger partial charge is 0.493 e. The van der Waals surface area contributed by atoms with Crippen molar-refractivity contribution in [2.75, 3.05) is 52.3 Å². The average Bonchev–Trinajstić information content (AvgIpc) is 2.84. The van der Waals surface area contributed by atoms with Gasteiger partial charge < -0.3 is 34.9 Å². The molecule has 0 aliphatic carbocycles. The summed E-state index contributed by atoms with van der Waals surface area (Å²) >= 11 is 0. The van der Waals surface area contributed by atoms with E-state index >= 15 is 0 Å². The van der Waals surface area contributed by atoms with Gasteiger partial charge in [-0.05, 0) is 55.3 Å². The number of aliphatic hydroxyl groups excluding tert-OH is 1. The number of aromatic nitrogens is 1. The van der Waals surface area contributed by atoms with E-state index in [1.54, 1.807) is 43.6 Å². The van der Waals surface area contributed by atoms with Crippen LogP contribution in [-0.4, -0.2) is 68.0 Å². The number of carbonyl (C=O) groups is 1. The van der Waals surface area contributed by atoms with Crippen LogP contribution in [-0.2, 0) is 0 Å². The van der Waals surface area contributed by atoms with Crippen molar-refractivity contribution in [3.8, 4) is 23.0 Å². The van der Waals surface area contributed by atoms with Crippen molar-refractivity contribution in [1.82, 2.24) is 15.2 Å². The molecule has 0 spiro atoms. The van der Waals surface area contributed by atoms with Crippen molar-refractivity contribution in [1.29, 1.82) is 0 Å². The molecule has 0 saturated heterocycles. The number of hydrogen-bond donors (Lipinski definition) is 3. The molecule has 0 aliphatic heterocycles. The Balaban J connectivity index is 1.66. The number of ether oxygens (including phenoxy) is 3. The summed E-state index contributed by atoms with van der Waals surface area (Å²) in [6, 6.07) is 12.4. The van der Waals surface area contributed by atoms with E-state index in [-0.39, 0.29) is 18.1 Å². The Morgan fingerprint density at radius 3 is 2.49 bits per heavy atom. The molecule has 200 valence electrons. The summed E-state index contributed by atoms with van der Waals surface area (Å²) in [7, 11) is 3.52. The second-order valence-corrected chi connectivity index (χ2v) is 10.0. The Bertz CT molecular complexity index is 1160. The number of urea groups is 1. The monoisotopic (exact) mass is 510 g/mol. The Hall–Kier alpha value is -3.56. The third kappa shape index (κ3) is 8.80. The van der Waals surface area contributed by atoms with E-state index < -0.39 is 0 Å². The summed E-state index contributed by atoms with van der Waals surface area (Å²) in [6.45, 7) is 8.84. The topological polar surface area (TPSA) is 105 Å². The van der Waals surface area contributed by atoms with Crippen LogP contribution in [0.2, 0.25) is 0 Å². The number of fused-ring (bicyclic) bond motifs is 1. The number of aliphatic hydroxyl groups is 1. The lowest BCUT2D eigenvalue weighted by Gasteiger charge is -2.18. The number of nitrogens with zero attached hydrogens (tertiary/aromatic N) is 2. The van der Waals surface area contributed by atoms with Gasteiger partial charge >= 0.3 is 6.03 Å². The van der Waals surface area contributed by atoms with Crippen LogP contribution in [0.1, 0.15) is 27.2 Å².